The van der Waals surface area contributed by atoms with Crippen LogP contribution in [-0.4, -0.2) is 49.1 Å². The maximum atomic E-state index is 12.5. The van der Waals surface area contributed by atoms with Gasteiger partial charge < -0.3 is 14.5 Å². The van der Waals surface area contributed by atoms with Crippen molar-refractivity contribution in [2.75, 3.05) is 38.3 Å². The van der Waals surface area contributed by atoms with Crippen LogP contribution >= 0.6 is 0 Å². The molecule has 3 heterocycles. The van der Waals surface area contributed by atoms with Crippen LogP contribution < -0.4 is 4.90 Å². The summed E-state index contributed by atoms with van der Waals surface area (Å²) in [5.74, 6) is 0.0293. The third-order valence-corrected chi connectivity index (χ3v) is 6.45. The number of anilines is 2. The molecule has 1 fully saturated rings. The van der Waals surface area contributed by atoms with E-state index in [2.05, 4.69) is 66.5 Å². The van der Waals surface area contributed by atoms with Crippen molar-refractivity contribution in [3.05, 3.63) is 72.3 Å². The average Bonchev–Trinajstić information content (AvgIpc) is 2.86. The molecule has 1 amide bonds. The first kappa shape index (κ1) is 19.0. The van der Waals surface area contributed by atoms with Crippen molar-refractivity contribution < 1.29 is 9.53 Å². The molecule has 0 atom stereocenters. The number of benzene rings is 3. The van der Waals surface area contributed by atoms with Crippen LogP contribution in [0.1, 0.15) is 5.56 Å². The van der Waals surface area contributed by atoms with Gasteiger partial charge in [-0.1, -0.05) is 36.4 Å². The Hall–Kier alpha value is -3.70. The van der Waals surface area contributed by atoms with Crippen molar-refractivity contribution in [2.24, 2.45) is 0 Å². The third kappa shape index (κ3) is 2.97. The maximum absolute atomic E-state index is 12.5. The number of amides is 1. The zero-order valence-corrected chi connectivity index (χ0v) is 17.9. The molecule has 6 rings (SSSR count). The van der Waals surface area contributed by atoms with Crippen LogP contribution in [0.5, 0.6) is 0 Å². The number of morpholine rings is 1. The van der Waals surface area contributed by atoms with Gasteiger partial charge in [-0.25, -0.2) is 4.98 Å². The Morgan fingerprint density at radius 1 is 0.969 bits per heavy atom. The highest BCUT2D eigenvalue weighted by Crippen LogP contribution is 2.47. The van der Waals surface area contributed by atoms with Gasteiger partial charge in [-0.2, -0.15) is 0 Å². The lowest BCUT2D eigenvalue weighted by Crippen LogP contribution is -2.39. The number of fused-ring (bicyclic) bond motifs is 4. The second kappa shape index (κ2) is 7.46. The fourth-order valence-electron chi connectivity index (χ4n) is 4.79. The molecule has 2 aliphatic heterocycles. The second-order valence-corrected chi connectivity index (χ2v) is 8.28. The lowest BCUT2D eigenvalue weighted by atomic mass is 9.93. The summed E-state index contributed by atoms with van der Waals surface area (Å²) in [6, 6.07) is 21.1. The number of ether oxygens (including phenoxy) is 1. The number of rotatable bonds is 2. The SMILES string of the molecule is CN1c2ccccc2-c2nc3ccc(C=CC(=O)N4CCOCC4)cc3c3cccc1c23. The first-order chi connectivity index (χ1) is 15.7. The molecule has 0 aliphatic carbocycles. The minimum absolute atomic E-state index is 0.0293. The van der Waals surface area contributed by atoms with Crippen molar-refractivity contribution >= 4 is 45.0 Å². The number of hydrogen-bond donors (Lipinski definition) is 0. The molecule has 2 aliphatic rings. The number of nitrogens with zero attached hydrogens (tertiary/aromatic N) is 3. The molecule has 4 aromatic rings. The first-order valence-corrected chi connectivity index (χ1v) is 10.9. The van der Waals surface area contributed by atoms with Crippen LogP contribution in [0.3, 0.4) is 0 Å². The van der Waals surface area contributed by atoms with Gasteiger partial charge in [-0.15, -0.1) is 0 Å². The Bertz CT molecular complexity index is 1400. The normalized spacial score (nSPS) is 15.5. The third-order valence-electron chi connectivity index (χ3n) is 6.45. The van der Waals surface area contributed by atoms with Crippen molar-refractivity contribution in [2.45, 2.75) is 0 Å². The van der Waals surface area contributed by atoms with E-state index in [1.54, 1.807) is 6.08 Å². The molecule has 0 saturated carbocycles. The molecule has 158 valence electrons. The molecule has 5 nitrogen and oxygen atoms in total. The van der Waals surface area contributed by atoms with Gasteiger partial charge in [0.05, 0.1) is 35.8 Å². The van der Waals surface area contributed by atoms with Gasteiger partial charge in [0.2, 0.25) is 5.91 Å². The van der Waals surface area contributed by atoms with Gasteiger partial charge >= 0.3 is 0 Å². The van der Waals surface area contributed by atoms with E-state index in [9.17, 15) is 4.79 Å². The molecule has 0 unspecified atom stereocenters. The number of carbonyl (C=O) groups is 1. The highest BCUT2D eigenvalue weighted by Gasteiger charge is 2.24. The highest BCUT2D eigenvalue weighted by molar-refractivity contribution is 6.19. The highest BCUT2D eigenvalue weighted by atomic mass is 16.5. The fourth-order valence-corrected chi connectivity index (χ4v) is 4.79. The van der Waals surface area contributed by atoms with E-state index in [1.165, 1.54) is 16.5 Å². The lowest BCUT2D eigenvalue weighted by Gasteiger charge is -2.30. The van der Waals surface area contributed by atoms with Gasteiger partial charge in [0.25, 0.3) is 0 Å². The smallest absolute Gasteiger partial charge is 0.246 e. The van der Waals surface area contributed by atoms with Crippen molar-refractivity contribution in [3.8, 4) is 11.3 Å². The van der Waals surface area contributed by atoms with Gasteiger partial charge in [0.15, 0.2) is 0 Å². The summed E-state index contributed by atoms with van der Waals surface area (Å²) in [4.78, 5) is 21.6. The summed E-state index contributed by atoms with van der Waals surface area (Å²) in [7, 11) is 2.11. The Kier molecular flexibility index (Phi) is 4.44. The fraction of sp³-hybridized carbons (Fsp3) is 0.185. The van der Waals surface area contributed by atoms with E-state index < -0.39 is 0 Å². The van der Waals surface area contributed by atoms with E-state index in [0.717, 1.165) is 33.4 Å². The van der Waals surface area contributed by atoms with Crippen LogP contribution in [0.15, 0.2) is 66.7 Å². The lowest BCUT2D eigenvalue weighted by molar-refractivity contribution is -0.129. The quantitative estimate of drug-likeness (QED) is 0.337. The van der Waals surface area contributed by atoms with Gasteiger partial charge in [-0.3, -0.25) is 4.79 Å². The first-order valence-electron chi connectivity index (χ1n) is 10.9. The molecular formula is C27H23N3O2. The largest absolute Gasteiger partial charge is 0.378 e. The molecular weight excluding hydrogens is 398 g/mol. The van der Waals surface area contributed by atoms with E-state index in [0.29, 0.717) is 26.3 Å². The predicted molar refractivity (Wildman–Crippen MR) is 129 cm³/mol. The van der Waals surface area contributed by atoms with Crippen molar-refractivity contribution in [1.82, 2.24) is 9.88 Å². The second-order valence-electron chi connectivity index (χ2n) is 8.28. The van der Waals surface area contributed by atoms with Gasteiger partial charge in [0, 0.05) is 42.5 Å². The van der Waals surface area contributed by atoms with Crippen LogP contribution in [-0.2, 0) is 9.53 Å². The summed E-state index contributed by atoms with van der Waals surface area (Å²) in [5.41, 5.74) is 6.46. The van der Waals surface area contributed by atoms with E-state index in [-0.39, 0.29) is 5.91 Å². The standard InChI is InChI=1S/C27H23N3O2/c1-29-23-7-3-2-5-20(23)27-26-19(6-4-8-24(26)29)21-17-18(9-11-22(21)28-27)10-12-25(31)30-13-15-32-16-14-30/h2-12,17H,13-16H2,1H3. The summed E-state index contributed by atoms with van der Waals surface area (Å²) in [6.07, 6.45) is 3.56. The Morgan fingerprint density at radius 2 is 1.78 bits per heavy atom. The summed E-state index contributed by atoms with van der Waals surface area (Å²) >= 11 is 0. The summed E-state index contributed by atoms with van der Waals surface area (Å²) in [5, 5.41) is 3.45. The molecule has 3 aromatic carbocycles. The molecule has 1 aromatic heterocycles. The number of aromatic nitrogens is 1. The Morgan fingerprint density at radius 3 is 2.66 bits per heavy atom. The Labute approximate surface area is 186 Å². The molecule has 0 radical (unpaired) electrons. The van der Waals surface area contributed by atoms with Gasteiger partial charge in [0.1, 0.15) is 0 Å². The molecule has 1 saturated heterocycles. The molecule has 5 heteroatoms. The van der Waals surface area contributed by atoms with Crippen molar-refractivity contribution in [3.63, 3.8) is 0 Å². The zero-order valence-electron chi connectivity index (χ0n) is 17.9. The van der Waals surface area contributed by atoms with Crippen LogP contribution in [0, 0.1) is 0 Å². The Balaban J connectivity index is 1.47. The molecule has 0 N–H and O–H groups in total. The average molecular weight is 422 g/mol. The van der Waals surface area contributed by atoms with Crippen LogP contribution in [0.2, 0.25) is 0 Å². The van der Waals surface area contributed by atoms with Gasteiger partial charge in [-0.05, 0) is 41.3 Å². The molecule has 32 heavy (non-hydrogen) atoms. The van der Waals surface area contributed by atoms with Crippen LogP contribution in [0.4, 0.5) is 11.4 Å². The molecule has 0 bridgehead atoms. The maximum Gasteiger partial charge on any atom is 0.246 e. The summed E-state index contributed by atoms with van der Waals surface area (Å²) < 4.78 is 5.34. The van der Waals surface area contributed by atoms with Crippen LogP contribution in [0.25, 0.3) is 39.0 Å². The number of carbonyl (C=O) groups excluding carboxylic acids is 1. The predicted octanol–water partition coefficient (Wildman–Crippen LogP) is 5.01. The minimum Gasteiger partial charge on any atom is -0.378 e. The number of hydrogen-bond acceptors (Lipinski definition) is 4. The van der Waals surface area contributed by atoms with E-state index in [1.807, 2.05) is 17.0 Å². The topological polar surface area (TPSA) is 45.7 Å². The minimum atomic E-state index is 0.0293. The van der Waals surface area contributed by atoms with E-state index >= 15 is 0 Å². The number of pyridine rings is 1. The zero-order chi connectivity index (χ0) is 21.7. The molecule has 0 spiro atoms. The van der Waals surface area contributed by atoms with E-state index in [4.69, 9.17) is 9.72 Å². The summed E-state index contributed by atoms with van der Waals surface area (Å²) in [6.45, 7) is 2.51. The van der Waals surface area contributed by atoms with Crippen molar-refractivity contribution in [1.29, 1.82) is 0 Å². The monoisotopic (exact) mass is 421 g/mol. The number of para-hydroxylation sites is 1.